The van der Waals surface area contributed by atoms with Gasteiger partial charge < -0.3 is 10.6 Å². The Morgan fingerprint density at radius 3 is 2.46 bits per heavy atom. The van der Waals surface area contributed by atoms with Gasteiger partial charge in [0.1, 0.15) is 0 Å². The summed E-state index contributed by atoms with van der Waals surface area (Å²) < 4.78 is 16.9. The number of benzene rings is 1. The second kappa shape index (κ2) is 5.94. The van der Waals surface area contributed by atoms with E-state index in [-0.39, 0.29) is 23.3 Å². The standard InChI is InChI=1S/C19H25FN4O2/c1-9-14-16(24(13-4-5-13)19(26)22-18(14)25)10(2)17(15(9)20)23-7-6-12(8-23)11(3)21/h11-13H,4-8,21H2,1-3H3,(H,22,25,26). The number of nitrogens with zero attached hydrogens (tertiary/aromatic N) is 2. The van der Waals surface area contributed by atoms with Gasteiger partial charge in [-0.2, -0.15) is 0 Å². The summed E-state index contributed by atoms with van der Waals surface area (Å²) >= 11 is 0. The van der Waals surface area contributed by atoms with Crippen LogP contribution in [0.1, 0.15) is 43.4 Å². The summed E-state index contributed by atoms with van der Waals surface area (Å²) in [4.78, 5) is 29.3. The molecule has 1 aliphatic heterocycles. The number of nitrogens with two attached hydrogens (primary N) is 1. The Bertz CT molecular complexity index is 1000. The van der Waals surface area contributed by atoms with E-state index in [1.54, 1.807) is 11.5 Å². The molecule has 2 fully saturated rings. The van der Waals surface area contributed by atoms with Crippen molar-refractivity contribution in [2.24, 2.45) is 11.7 Å². The lowest BCUT2D eigenvalue weighted by molar-refractivity contribution is 0.487. The van der Waals surface area contributed by atoms with E-state index in [1.807, 2.05) is 18.7 Å². The predicted molar refractivity (Wildman–Crippen MR) is 101 cm³/mol. The molecular weight excluding hydrogens is 335 g/mol. The van der Waals surface area contributed by atoms with Crippen molar-refractivity contribution in [2.45, 2.75) is 52.1 Å². The lowest BCUT2D eigenvalue weighted by atomic mass is 10.0. The largest absolute Gasteiger partial charge is 0.369 e. The first-order valence-corrected chi connectivity index (χ1v) is 9.29. The van der Waals surface area contributed by atoms with Crippen LogP contribution < -0.4 is 21.9 Å². The fourth-order valence-corrected chi connectivity index (χ4v) is 4.31. The highest BCUT2D eigenvalue weighted by atomic mass is 19.1. The second-order valence-electron chi connectivity index (χ2n) is 7.85. The molecule has 3 N–H and O–H groups in total. The Labute approximate surface area is 150 Å². The molecule has 6 nitrogen and oxygen atoms in total. The molecule has 4 rings (SSSR count). The molecule has 1 aliphatic carbocycles. The highest BCUT2D eigenvalue weighted by Gasteiger charge is 2.33. The first-order chi connectivity index (χ1) is 12.3. The average molecular weight is 360 g/mol. The SMILES string of the molecule is Cc1c(F)c(N2CCC(C(C)N)C2)c(C)c2c1c(=O)[nH]c(=O)n2C1CC1. The van der Waals surface area contributed by atoms with Gasteiger partial charge in [-0.15, -0.1) is 0 Å². The number of hydrogen-bond donors (Lipinski definition) is 2. The first-order valence-electron chi connectivity index (χ1n) is 9.29. The van der Waals surface area contributed by atoms with Crippen molar-refractivity contribution in [3.05, 3.63) is 37.8 Å². The van der Waals surface area contributed by atoms with Crippen LogP contribution in [0.3, 0.4) is 0 Å². The normalized spacial score (nSPS) is 21.6. The molecule has 1 saturated heterocycles. The van der Waals surface area contributed by atoms with Crippen LogP contribution in [0.2, 0.25) is 0 Å². The van der Waals surface area contributed by atoms with E-state index >= 15 is 4.39 Å². The maximum atomic E-state index is 15.3. The minimum Gasteiger partial charge on any atom is -0.369 e. The predicted octanol–water partition coefficient (Wildman–Crippen LogP) is 1.95. The molecule has 1 aromatic heterocycles. The topological polar surface area (TPSA) is 84.1 Å². The van der Waals surface area contributed by atoms with Crippen LogP contribution in [-0.2, 0) is 0 Å². The van der Waals surface area contributed by atoms with Gasteiger partial charge in [0, 0.05) is 36.3 Å². The number of halogens is 1. The van der Waals surface area contributed by atoms with Crippen LogP contribution in [0, 0.1) is 25.6 Å². The zero-order chi connectivity index (χ0) is 18.7. The van der Waals surface area contributed by atoms with E-state index in [2.05, 4.69) is 4.98 Å². The van der Waals surface area contributed by atoms with Gasteiger partial charge in [0.2, 0.25) is 0 Å². The Kier molecular flexibility index (Phi) is 3.95. The number of aromatic nitrogens is 2. The van der Waals surface area contributed by atoms with E-state index in [1.165, 1.54) is 0 Å². The summed E-state index contributed by atoms with van der Waals surface area (Å²) in [7, 11) is 0. The molecule has 140 valence electrons. The number of nitrogens with one attached hydrogen (secondary N) is 1. The summed E-state index contributed by atoms with van der Waals surface area (Å²) in [6.45, 7) is 6.84. The molecule has 0 bridgehead atoms. The van der Waals surface area contributed by atoms with Crippen molar-refractivity contribution in [1.29, 1.82) is 0 Å². The number of aryl methyl sites for hydroxylation is 2. The molecule has 2 unspecified atom stereocenters. The minimum atomic E-state index is -0.511. The van der Waals surface area contributed by atoms with Crippen molar-refractivity contribution < 1.29 is 4.39 Å². The molecule has 7 heteroatoms. The molecule has 0 radical (unpaired) electrons. The van der Waals surface area contributed by atoms with Crippen molar-refractivity contribution >= 4 is 16.6 Å². The summed E-state index contributed by atoms with van der Waals surface area (Å²) in [6, 6.07) is 0.145. The molecule has 1 saturated carbocycles. The van der Waals surface area contributed by atoms with Crippen LogP contribution in [0.4, 0.5) is 10.1 Å². The molecular formula is C19H25FN4O2. The van der Waals surface area contributed by atoms with Crippen molar-refractivity contribution in [1.82, 2.24) is 9.55 Å². The number of hydrogen-bond acceptors (Lipinski definition) is 4. The van der Waals surface area contributed by atoms with Gasteiger partial charge in [-0.25, -0.2) is 9.18 Å². The molecule has 26 heavy (non-hydrogen) atoms. The Morgan fingerprint density at radius 1 is 1.19 bits per heavy atom. The lowest BCUT2D eigenvalue weighted by Gasteiger charge is -2.25. The minimum absolute atomic E-state index is 0.0532. The second-order valence-corrected chi connectivity index (χ2v) is 7.85. The van der Waals surface area contributed by atoms with Gasteiger partial charge in [0.25, 0.3) is 5.56 Å². The Hall–Kier alpha value is -2.15. The quantitative estimate of drug-likeness (QED) is 0.876. The number of anilines is 1. The molecule has 2 atom stereocenters. The third kappa shape index (κ3) is 2.48. The average Bonchev–Trinajstić information content (AvgIpc) is 3.28. The van der Waals surface area contributed by atoms with Crippen molar-refractivity contribution in [2.75, 3.05) is 18.0 Å². The van der Waals surface area contributed by atoms with Gasteiger partial charge in [-0.05, 0) is 46.0 Å². The van der Waals surface area contributed by atoms with Gasteiger partial charge in [0.15, 0.2) is 5.82 Å². The Balaban J connectivity index is 2.00. The number of H-pyrrole nitrogens is 1. The first kappa shape index (κ1) is 17.3. The molecule has 2 aromatic rings. The molecule has 0 amide bonds. The maximum Gasteiger partial charge on any atom is 0.329 e. The van der Waals surface area contributed by atoms with Crippen LogP contribution in [-0.4, -0.2) is 28.7 Å². The van der Waals surface area contributed by atoms with Crippen molar-refractivity contribution in [3.8, 4) is 0 Å². The molecule has 2 aliphatic rings. The summed E-state index contributed by atoms with van der Waals surface area (Å²) in [5.41, 5.74) is 7.19. The van der Waals surface area contributed by atoms with Crippen LogP contribution in [0.25, 0.3) is 10.9 Å². The van der Waals surface area contributed by atoms with E-state index in [0.29, 0.717) is 34.8 Å². The third-order valence-corrected chi connectivity index (χ3v) is 5.96. The highest BCUT2D eigenvalue weighted by Crippen LogP contribution is 2.40. The van der Waals surface area contributed by atoms with E-state index in [0.717, 1.165) is 25.8 Å². The zero-order valence-electron chi connectivity index (χ0n) is 15.4. The van der Waals surface area contributed by atoms with Gasteiger partial charge in [0.05, 0.1) is 16.6 Å². The van der Waals surface area contributed by atoms with Gasteiger partial charge in [-0.3, -0.25) is 14.3 Å². The van der Waals surface area contributed by atoms with Crippen LogP contribution in [0.5, 0.6) is 0 Å². The smallest absolute Gasteiger partial charge is 0.329 e. The van der Waals surface area contributed by atoms with Crippen LogP contribution >= 0.6 is 0 Å². The number of rotatable bonds is 3. The third-order valence-electron chi connectivity index (χ3n) is 5.96. The summed E-state index contributed by atoms with van der Waals surface area (Å²) in [5, 5.41) is 0.290. The number of aromatic amines is 1. The van der Waals surface area contributed by atoms with E-state index in [4.69, 9.17) is 5.73 Å². The van der Waals surface area contributed by atoms with E-state index < -0.39 is 11.2 Å². The van der Waals surface area contributed by atoms with E-state index in [9.17, 15) is 9.59 Å². The molecule has 0 spiro atoms. The van der Waals surface area contributed by atoms with Gasteiger partial charge in [-0.1, -0.05) is 0 Å². The fourth-order valence-electron chi connectivity index (χ4n) is 4.31. The zero-order valence-corrected chi connectivity index (χ0v) is 15.4. The fraction of sp³-hybridized carbons (Fsp3) is 0.579. The highest BCUT2D eigenvalue weighted by molar-refractivity contribution is 5.90. The Morgan fingerprint density at radius 2 is 1.88 bits per heavy atom. The van der Waals surface area contributed by atoms with Crippen LogP contribution in [0.15, 0.2) is 9.59 Å². The molecule has 2 heterocycles. The molecule has 1 aromatic carbocycles. The van der Waals surface area contributed by atoms with Crippen molar-refractivity contribution in [3.63, 3.8) is 0 Å². The number of fused-ring (bicyclic) bond motifs is 1. The lowest BCUT2D eigenvalue weighted by Crippen LogP contribution is -2.33. The monoisotopic (exact) mass is 360 g/mol. The summed E-state index contributed by atoms with van der Waals surface area (Å²) in [6.07, 6.45) is 2.73. The van der Waals surface area contributed by atoms with Gasteiger partial charge >= 0.3 is 5.69 Å². The maximum absolute atomic E-state index is 15.3. The summed E-state index contributed by atoms with van der Waals surface area (Å²) in [5.74, 6) is -0.0542.